The zero-order chi connectivity index (χ0) is 25.7. The summed E-state index contributed by atoms with van der Waals surface area (Å²) >= 11 is 0. The number of nitrogens with zero attached hydrogens (tertiary/aromatic N) is 1. The second kappa shape index (κ2) is 10.5. The van der Waals surface area contributed by atoms with Crippen molar-refractivity contribution in [1.29, 1.82) is 0 Å². The SMILES string of the molecule is C=CC(=O)OC(OCCCCC(F)(F)C(F)(F)S(=O)(=O)O)(C(=O)N1CCNCC1)C(F)(F)F. The molecular formula is C16H21F7N2O7S. The lowest BCUT2D eigenvalue weighted by Gasteiger charge is -2.38. The van der Waals surface area contributed by atoms with Gasteiger partial charge in [0.15, 0.2) is 0 Å². The Morgan fingerprint density at radius 2 is 1.61 bits per heavy atom. The Labute approximate surface area is 183 Å². The Kier molecular flexibility index (Phi) is 9.26. The highest BCUT2D eigenvalue weighted by Gasteiger charge is 2.67. The number of amides is 1. The van der Waals surface area contributed by atoms with Crippen molar-refractivity contribution in [1.82, 2.24) is 10.2 Å². The van der Waals surface area contributed by atoms with Gasteiger partial charge in [0.1, 0.15) is 0 Å². The highest BCUT2D eigenvalue weighted by Crippen LogP contribution is 2.42. The highest BCUT2D eigenvalue weighted by atomic mass is 32.2. The molecule has 1 saturated heterocycles. The third-order valence-electron chi connectivity index (χ3n) is 4.41. The molecule has 1 atom stereocenters. The first-order valence-electron chi connectivity index (χ1n) is 9.22. The second-order valence-electron chi connectivity index (χ2n) is 6.78. The summed E-state index contributed by atoms with van der Waals surface area (Å²) < 4.78 is 133. The predicted octanol–water partition coefficient (Wildman–Crippen LogP) is 1.71. The maximum absolute atomic E-state index is 13.8. The van der Waals surface area contributed by atoms with Gasteiger partial charge >= 0.3 is 45.1 Å². The van der Waals surface area contributed by atoms with E-state index < -0.39 is 71.0 Å². The quantitative estimate of drug-likeness (QED) is 0.106. The maximum atomic E-state index is 13.8. The van der Waals surface area contributed by atoms with Crippen LogP contribution in [0.4, 0.5) is 30.7 Å². The van der Waals surface area contributed by atoms with Crippen molar-refractivity contribution in [3.63, 3.8) is 0 Å². The number of carbonyl (C=O) groups is 2. The van der Waals surface area contributed by atoms with Gasteiger partial charge in [-0.3, -0.25) is 9.35 Å². The second-order valence-corrected chi connectivity index (χ2v) is 8.25. The van der Waals surface area contributed by atoms with Crippen LogP contribution in [0.1, 0.15) is 19.3 Å². The number of hydrogen-bond donors (Lipinski definition) is 2. The Morgan fingerprint density at radius 3 is 2.06 bits per heavy atom. The normalized spacial score (nSPS) is 17.9. The number of carbonyl (C=O) groups excluding carboxylic acids is 2. The maximum Gasteiger partial charge on any atom is 0.466 e. The van der Waals surface area contributed by atoms with Crippen LogP contribution in [0.25, 0.3) is 0 Å². The van der Waals surface area contributed by atoms with Crippen molar-refractivity contribution in [2.75, 3.05) is 32.8 Å². The number of esters is 1. The first-order valence-corrected chi connectivity index (χ1v) is 10.7. The molecule has 17 heteroatoms. The zero-order valence-corrected chi connectivity index (χ0v) is 17.7. The minimum Gasteiger partial charge on any atom is -0.412 e. The van der Waals surface area contributed by atoms with E-state index in [-0.39, 0.29) is 26.2 Å². The summed E-state index contributed by atoms with van der Waals surface area (Å²) in [6.07, 6.45) is -8.98. The monoisotopic (exact) mass is 518 g/mol. The molecule has 1 fully saturated rings. The molecule has 0 aromatic rings. The average Bonchev–Trinajstić information content (AvgIpc) is 2.70. The van der Waals surface area contributed by atoms with Gasteiger partial charge < -0.3 is 19.7 Å². The number of alkyl halides is 7. The standard InChI is InChI=1S/C16H21F7N2O7S/c1-2-11(26)32-14(15(19,20)21,12(27)25-8-6-24-7-9-25)31-10-4-3-5-13(17,18)16(22,23)33(28,29)30/h2,24H,1,3-10H2,(H,28,29,30). The van der Waals surface area contributed by atoms with Crippen LogP contribution in [0, 0.1) is 0 Å². The molecule has 2 N–H and O–H groups in total. The zero-order valence-electron chi connectivity index (χ0n) is 16.8. The van der Waals surface area contributed by atoms with E-state index >= 15 is 0 Å². The van der Waals surface area contributed by atoms with Gasteiger partial charge in [-0.25, -0.2) is 4.79 Å². The molecule has 9 nitrogen and oxygen atoms in total. The third-order valence-corrected chi connectivity index (χ3v) is 5.36. The molecule has 0 spiro atoms. The van der Waals surface area contributed by atoms with Crippen LogP contribution in [-0.4, -0.2) is 85.7 Å². The van der Waals surface area contributed by atoms with Gasteiger partial charge in [-0.1, -0.05) is 6.58 Å². The Bertz CT molecular complexity index is 830. The van der Waals surface area contributed by atoms with E-state index in [2.05, 4.69) is 21.4 Å². The van der Waals surface area contributed by atoms with E-state index in [1.807, 2.05) is 0 Å². The summed E-state index contributed by atoms with van der Waals surface area (Å²) in [5.41, 5.74) is 0. The molecule has 1 heterocycles. The van der Waals surface area contributed by atoms with Crippen molar-refractivity contribution in [3.05, 3.63) is 12.7 Å². The third kappa shape index (κ3) is 6.54. The van der Waals surface area contributed by atoms with Crippen LogP contribution >= 0.6 is 0 Å². The molecule has 1 amide bonds. The van der Waals surface area contributed by atoms with E-state index in [0.29, 0.717) is 11.0 Å². The molecule has 0 aromatic heterocycles. The van der Waals surface area contributed by atoms with Gasteiger partial charge in [-0.05, 0) is 12.8 Å². The van der Waals surface area contributed by atoms with Crippen LogP contribution < -0.4 is 5.32 Å². The van der Waals surface area contributed by atoms with Gasteiger partial charge in [0.2, 0.25) is 0 Å². The largest absolute Gasteiger partial charge is 0.466 e. The fourth-order valence-corrected chi connectivity index (χ4v) is 3.13. The van der Waals surface area contributed by atoms with E-state index in [1.165, 1.54) is 0 Å². The number of piperazine rings is 1. The van der Waals surface area contributed by atoms with Crippen LogP contribution in [0.5, 0.6) is 0 Å². The Hall–Kier alpha value is -1.98. The number of rotatable bonds is 11. The molecule has 0 aromatic carbocycles. The van der Waals surface area contributed by atoms with E-state index in [4.69, 9.17) is 4.55 Å². The minimum atomic E-state index is -6.47. The Balaban J connectivity index is 2.99. The van der Waals surface area contributed by atoms with Crippen molar-refractivity contribution in [2.45, 2.75) is 42.4 Å². The van der Waals surface area contributed by atoms with Crippen LogP contribution in [0.2, 0.25) is 0 Å². The molecule has 1 rings (SSSR count). The molecule has 1 aliphatic heterocycles. The molecule has 0 radical (unpaired) electrons. The van der Waals surface area contributed by atoms with E-state index in [9.17, 15) is 48.7 Å². The summed E-state index contributed by atoms with van der Waals surface area (Å²) in [6.45, 7) is 1.57. The lowest BCUT2D eigenvalue weighted by Crippen LogP contribution is -2.64. The number of unbranched alkanes of at least 4 members (excludes halogenated alkanes) is 1. The van der Waals surface area contributed by atoms with Crippen molar-refractivity contribution in [2.24, 2.45) is 0 Å². The fourth-order valence-electron chi connectivity index (χ4n) is 2.65. The molecule has 0 bridgehead atoms. The predicted molar refractivity (Wildman–Crippen MR) is 95.8 cm³/mol. The van der Waals surface area contributed by atoms with E-state index in [0.717, 1.165) is 0 Å². The summed E-state index contributed by atoms with van der Waals surface area (Å²) in [5, 5.41) is -3.06. The summed E-state index contributed by atoms with van der Waals surface area (Å²) in [4.78, 5) is 24.8. The van der Waals surface area contributed by atoms with E-state index in [1.54, 1.807) is 0 Å². The van der Waals surface area contributed by atoms with Crippen molar-refractivity contribution in [3.8, 4) is 0 Å². The number of halogens is 7. The lowest BCUT2D eigenvalue weighted by molar-refractivity contribution is -0.350. The first kappa shape index (κ1) is 29.1. The van der Waals surface area contributed by atoms with Gasteiger partial charge in [0.05, 0.1) is 6.61 Å². The summed E-state index contributed by atoms with van der Waals surface area (Å²) in [6, 6.07) is 0. The molecular weight excluding hydrogens is 497 g/mol. The summed E-state index contributed by atoms with van der Waals surface area (Å²) in [7, 11) is -6.47. The van der Waals surface area contributed by atoms with Crippen LogP contribution in [0.3, 0.4) is 0 Å². The molecule has 0 aliphatic carbocycles. The number of nitrogens with one attached hydrogen (secondary N) is 1. The van der Waals surface area contributed by atoms with Gasteiger partial charge in [0, 0.05) is 38.7 Å². The van der Waals surface area contributed by atoms with Gasteiger partial charge in [-0.15, -0.1) is 0 Å². The molecule has 33 heavy (non-hydrogen) atoms. The molecule has 1 unspecified atom stereocenters. The molecule has 192 valence electrons. The number of ether oxygens (including phenoxy) is 2. The smallest absolute Gasteiger partial charge is 0.412 e. The van der Waals surface area contributed by atoms with Gasteiger partial charge in [-0.2, -0.15) is 39.2 Å². The van der Waals surface area contributed by atoms with Gasteiger partial charge in [0.25, 0.3) is 0 Å². The molecule has 1 aliphatic rings. The van der Waals surface area contributed by atoms with Crippen LogP contribution in [0.15, 0.2) is 12.7 Å². The number of hydrogen-bond acceptors (Lipinski definition) is 7. The van der Waals surface area contributed by atoms with Crippen LogP contribution in [-0.2, 0) is 29.2 Å². The highest BCUT2D eigenvalue weighted by molar-refractivity contribution is 7.87. The van der Waals surface area contributed by atoms with Crippen molar-refractivity contribution >= 4 is 22.0 Å². The lowest BCUT2D eigenvalue weighted by atomic mass is 10.1. The average molecular weight is 518 g/mol. The topological polar surface area (TPSA) is 122 Å². The van der Waals surface area contributed by atoms with Crippen molar-refractivity contribution < 1.29 is 62.8 Å². The first-order chi connectivity index (χ1) is 14.9. The molecule has 0 saturated carbocycles. The Morgan fingerprint density at radius 1 is 1.06 bits per heavy atom. The summed E-state index contributed by atoms with van der Waals surface area (Å²) in [5.74, 6) is -12.9. The minimum absolute atomic E-state index is 0.117. The fraction of sp³-hybridized carbons (Fsp3) is 0.750.